The maximum Gasteiger partial charge on any atom is 0.178 e. The summed E-state index contributed by atoms with van der Waals surface area (Å²) in [5.74, 6) is 0.798. The average Bonchev–Trinajstić information content (AvgIpc) is 3.11. The normalized spacial score (nSPS) is 27.5. The zero-order valence-electron chi connectivity index (χ0n) is 16.2. The molecule has 4 nitrogen and oxygen atoms in total. The van der Waals surface area contributed by atoms with Gasteiger partial charge in [-0.3, -0.25) is 0 Å². The highest BCUT2D eigenvalue weighted by Crippen LogP contribution is 2.40. The molecule has 0 saturated heterocycles. The van der Waals surface area contributed by atoms with Gasteiger partial charge in [-0.05, 0) is 79.2 Å². The molecule has 3 atom stereocenters. The van der Waals surface area contributed by atoms with Gasteiger partial charge in [-0.1, -0.05) is 36.4 Å². The molecule has 0 aromatic heterocycles. The molecule has 2 aromatic rings. The van der Waals surface area contributed by atoms with Gasteiger partial charge in [0.25, 0.3) is 0 Å². The van der Waals surface area contributed by atoms with Crippen molar-refractivity contribution in [3.05, 3.63) is 65.2 Å². The Morgan fingerprint density at radius 3 is 2.57 bits per heavy atom. The SMILES string of the molecule is N[C@]1(CO)CC[C@H](c2ccc3c(c2)CC[C@H](CS(=O)(=O)c2ccccc2)C3)C1. The summed E-state index contributed by atoms with van der Waals surface area (Å²) in [6, 6.07) is 15.4. The van der Waals surface area contributed by atoms with E-state index in [-0.39, 0.29) is 18.3 Å². The van der Waals surface area contributed by atoms with Crippen LogP contribution in [0.15, 0.2) is 53.4 Å². The second-order valence-electron chi connectivity index (χ2n) is 8.69. The first kappa shape index (κ1) is 19.6. The van der Waals surface area contributed by atoms with Crippen molar-refractivity contribution in [2.75, 3.05) is 12.4 Å². The molecule has 2 aliphatic carbocycles. The predicted molar refractivity (Wildman–Crippen MR) is 111 cm³/mol. The second kappa shape index (κ2) is 7.62. The van der Waals surface area contributed by atoms with E-state index < -0.39 is 15.4 Å². The zero-order chi connectivity index (χ0) is 19.8. The van der Waals surface area contributed by atoms with Crippen molar-refractivity contribution in [3.8, 4) is 0 Å². The van der Waals surface area contributed by atoms with Crippen molar-refractivity contribution in [2.24, 2.45) is 11.7 Å². The number of benzene rings is 2. The predicted octanol–water partition coefficient (Wildman–Crippen LogP) is 3.22. The minimum atomic E-state index is -3.24. The Morgan fingerprint density at radius 2 is 1.86 bits per heavy atom. The molecule has 0 bridgehead atoms. The lowest BCUT2D eigenvalue weighted by atomic mass is 9.82. The van der Waals surface area contributed by atoms with Gasteiger partial charge < -0.3 is 10.8 Å². The number of aryl methyl sites for hydroxylation is 1. The summed E-state index contributed by atoms with van der Waals surface area (Å²) in [4.78, 5) is 0.423. The van der Waals surface area contributed by atoms with E-state index in [1.54, 1.807) is 24.3 Å². The third kappa shape index (κ3) is 4.02. The topological polar surface area (TPSA) is 80.4 Å². The Hall–Kier alpha value is -1.69. The molecule has 0 radical (unpaired) electrons. The molecule has 28 heavy (non-hydrogen) atoms. The lowest BCUT2D eigenvalue weighted by Crippen LogP contribution is -2.40. The average molecular weight is 400 g/mol. The van der Waals surface area contributed by atoms with E-state index in [4.69, 9.17) is 5.73 Å². The van der Waals surface area contributed by atoms with Gasteiger partial charge in [-0.15, -0.1) is 0 Å². The van der Waals surface area contributed by atoms with Gasteiger partial charge in [0.05, 0.1) is 17.3 Å². The molecular weight excluding hydrogens is 370 g/mol. The third-order valence-corrected chi connectivity index (χ3v) is 8.45. The Kier molecular flexibility index (Phi) is 5.34. The highest BCUT2D eigenvalue weighted by Gasteiger charge is 2.36. The standard InChI is InChI=1S/C23H29NO3S/c24-23(16-25)11-10-21(14-23)20-9-8-18-12-17(6-7-19(18)13-20)15-28(26,27)22-4-2-1-3-5-22/h1-5,8-9,13,17,21,25H,6-7,10-12,14-16,24H2/t17-,21-,23+/m0/s1. The van der Waals surface area contributed by atoms with Gasteiger partial charge in [-0.25, -0.2) is 8.42 Å². The highest BCUT2D eigenvalue weighted by molar-refractivity contribution is 7.91. The third-order valence-electron chi connectivity index (χ3n) is 6.55. The quantitative estimate of drug-likeness (QED) is 0.809. The number of nitrogens with two attached hydrogens (primary N) is 1. The van der Waals surface area contributed by atoms with Crippen LogP contribution in [0.2, 0.25) is 0 Å². The molecule has 0 unspecified atom stereocenters. The van der Waals surface area contributed by atoms with Crippen molar-refractivity contribution in [1.29, 1.82) is 0 Å². The number of rotatable bonds is 5. The van der Waals surface area contributed by atoms with Gasteiger partial charge in [0.1, 0.15) is 0 Å². The molecule has 3 N–H and O–H groups in total. The molecule has 2 aliphatic rings. The number of aliphatic hydroxyl groups is 1. The van der Waals surface area contributed by atoms with Crippen LogP contribution >= 0.6 is 0 Å². The Morgan fingerprint density at radius 1 is 1.07 bits per heavy atom. The molecule has 150 valence electrons. The molecule has 1 saturated carbocycles. The smallest absolute Gasteiger partial charge is 0.178 e. The monoisotopic (exact) mass is 399 g/mol. The number of hydrogen-bond acceptors (Lipinski definition) is 4. The van der Waals surface area contributed by atoms with E-state index in [1.807, 2.05) is 6.07 Å². The van der Waals surface area contributed by atoms with E-state index in [1.165, 1.54) is 16.7 Å². The minimum absolute atomic E-state index is 0.0476. The van der Waals surface area contributed by atoms with Crippen molar-refractivity contribution < 1.29 is 13.5 Å². The number of hydrogen-bond donors (Lipinski definition) is 2. The van der Waals surface area contributed by atoms with Crippen LogP contribution < -0.4 is 5.73 Å². The molecule has 2 aromatic carbocycles. The summed E-state index contributed by atoms with van der Waals surface area (Å²) in [7, 11) is -3.24. The molecule has 0 aliphatic heterocycles. The summed E-state index contributed by atoms with van der Waals surface area (Å²) in [5, 5.41) is 9.51. The summed E-state index contributed by atoms with van der Waals surface area (Å²) >= 11 is 0. The zero-order valence-corrected chi connectivity index (χ0v) is 17.0. The fourth-order valence-corrected chi connectivity index (χ4v) is 6.53. The molecule has 5 heteroatoms. The van der Waals surface area contributed by atoms with Gasteiger partial charge in [0.15, 0.2) is 9.84 Å². The molecule has 1 fully saturated rings. The first-order valence-electron chi connectivity index (χ1n) is 10.2. The van der Waals surface area contributed by atoms with Crippen LogP contribution in [0, 0.1) is 5.92 Å². The maximum atomic E-state index is 12.7. The van der Waals surface area contributed by atoms with E-state index >= 15 is 0 Å². The largest absolute Gasteiger partial charge is 0.394 e. The molecular formula is C23H29NO3S. The Bertz CT molecular complexity index is 942. The number of sulfone groups is 1. The second-order valence-corrected chi connectivity index (χ2v) is 10.7. The Labute approximate surface area is 167 Å². The van der Waals surface area contributed by atoms with Gasteiger partial charge in [0, 0.05) is 5.54 Å². The number of aliphatic hydroxyl groups excluding tert-OH is 1. The fraction of sp³-hybridized carbons (Fsp3) is 0.478. The lowest BCUT2D eigenvalue weighted by Gasteiger charge is -2.26. The van der Waals surface area contributed by atoms with E-state index in [9.17, 15) is 13.5 Å². The van der Waals surface area contributed by atoms with Crippen molar-refractivity contribution in [3.63, 3.8) is 0 Å². The molecule has 4 rings (SSSR count). The van der Waals surface area contributed by atoms with Crippen LogP contribution in [0.25, 0.3) is 0 Å². The fourth-order valence-electron chi connectivity index (χ4n) is 4.87. The number of fused-ring (bicyclic) bond motifs is 1. The summed E-state index contributed by atoms with van der Waals surface area (Å²) < 4.78 is 25.4. The van der Waals surface area contributed by atoms with Crippen LogP contribution in [0.5, 0.6) is 0 Å². The first-order chi connectivity index (χ1) is 13.4. The van der Waals surface area contributed by atoms with E-state index in [0.717, 1.165) is 38.5 Å². The van der Waals surface area contributed by atoms with Crippen LogP contribution in [-0.2, 0) is 22.7 Å². The molecule has 0 heterocycles. The lowest BCUT2D eigenvalue weighted by molar-refractivity contribution is 0.198. The maximum absolute atomic E-state index is 12.7. The van der Waals surface area contributed by atoms with Crippen LogP contribution in [0.1, 0.15) is 48.3 Å². The molecule has 0 spiro atoms. The van der Waals surface area contributed by atoms with Crippen LogP contribution in [0.4, 0.5) is 0 Å². The Balaban J connectivity index is 1.45. The van der Waals surface area contributed by atoms with Gasteiger partial charge in [0.2, 0.25) is 0 Å². The van der Waals surface area contributed by atoms with E-state index in [2.05, 4.69) is 18.2 Å². The summed E-state index contributed by atoms with van der Waals surface area (Å²) in [6.45, 7) is 0.0476. The van der Waals surface area contributed by atoms with Crippen molar-refractivity contribution in [2.45, 2.75) is 54.9 Å². The van der Waals surface area contributed by atoms with Crippen molar-refractivity contribution >= 4 is 9.84 Å². The van der Waals surface area contributed by atoms with Gasteiger partial charge in [-0.2, -0.15) is 0 Å². The van der Waals surface area contributed by atoms with Crippen molar-refractivity contribution in [1.82, 2.24) is 0 Å². The summed E-state index contributed by atoms with van der Waals surface area (Å²) in [5.41, 5.74) is 9.75. The highest BCUT2D eigenvalue weighted by atomic mass is 32.2. The van der Waals surface area contributed by atoms with E-state index in [0.29, 0.717) is 10.8 Å². The minimum Gasteiger partial charge on any atom is -0.394 e. The first-order valence-corrected chi connectivity index (χ1v) is 11.8. The molecule has 0 amide bonds. The van der Waals surface area contributed by atoms with Crippen LogP contribution in [0.3, 0.4) is 0 Å². The van der Waals surface area contributed by atoms with Gasteiger partial charge >= 0.3 is 0 Å². The summed E-state index contributed by atoms with van der Waals surface area (Å²) in [6.07, 6.45) is 5.38. The van der Waals surface area contributed by atoms with Crippen LogP contribution in [-0.4, -0.2) is 31.4 Å².